The number of thiocarbonyl (C=S) groups is 1. The normalized spacial score (nSPS) is 11.2. The average Bonchev–Trinajstić information content (AvgIpc) is 3.24. The molecule has 3 aromatic carbocycles. The Morgan fingerprint density at radius 1 is 0.903 bits per heavy atom. The average molecular weight is 429 g/mol. The molecule has 154 valence electrons. The molecule has 0 spiro atoms. The lowest BCUT2D eigenvalue weighted by molar-refractivity contribution is 0.630. The second-order valence-corrected chi connectivity index (χ2v) is 7.73. The number of anilines is 2. The Hall–Kier alpha value is -3.84. The number of fused-ring (bicyclic) bond motifs is 3. The lowest BCUT2D eigenvalue weighted by atomic mass is 10.1. The molecule has 7 heteroatoms. The predicted octanol–water partition coefficient (Wildman–Crippen LogP) is 5.19. The van der Waals surface area contributed by atoms with Crippen molar-refractivity contribution in [2.75, 3.05) is 10.6 Å². The minimum Gasteiger partial charge on any atom is -0.456 e. The number of rotatable bonds is 3. The van der Waals surface area contributed by atoms with Crippen LogP contribution in [0.15, 0.2) is 82.0 Å². The SMILES string of the molecule is Cc1c(NC(=S)Nc2ccc3oc4ccccc4c3c2)c(=O)n(-c2ccccc2)n1C. The fourth-order valence-corrected chi connectivity index (χ4v) is 4.01. The first-order chi connectivity index (χ1) is 15.0. The van der Waals surface area contributed by atoms with E-state index in [0.29, 0.717) is 10.8 Å². The van der Waals surface area contributed by atoms with Gasteiger partial charge in [0.2, 0.25) is 0 Å². The Kier molecular flexibility index (Phi) is 4.60. The highest BCUT2D eigenvalue weighted by Gasteiger charge is 2.17. The van der Waals surface area contributed by atoms with Gasteiger partial charge in [0.25, 0.3) is 5.56 Å². The van der Waals surface area contributed by atoms with Gasteiger partial charge in [0, 0.05) is 23.5 Å². The van der Waals surface area contributed by atoms with E-state index in [9.17, 15) is 4.79 Å². The van der Waals surface area contributed by atoms with Gasteiger partial charge in [-0.15, -0.1) is 0 Å². The first-order valence-corrected chi connectivity index (χ1v) is 10.3. The molecule has 5 aromatic rings. The molecule has 2 heterocycles. The van der Waals surface area contributed by atoms with E-state index >= 15 is 0 Å². The minimum absolute atomic E-state index is 0.161. The van der Waals surface area contributed by atoms with Crippen molar-refractivity contribution in [3.63, 3.8) is 0 Å². The van der Waals surface area contributed by atoms with Gasteiger partial charge in [-0.3, -0.25) is 9.48 Å². The Balaban J connectivity index is 1.44. The fraction of sp³-hybridized carbons (Fsp3) is 0.0833. The first-order valence-electron chi connectivity index (χ1n) is 9.86. The maximum Gasteiger partial charge on any atom is 0.295 e. The summed E-state index contributed by atoms with van der Waals surface area (Å²) >= 11 is 5.50. The van der Waals surface area contributed by atoms with Crippen LogP contribution in [0, 0.1) is 6.92 Å². The zero-order valence-electron chi connectivity index (χ0n) is 17.0. The van der Waals surface area contributed by atoms with Crippen LogP contribution in [0.2, 0.25) is 0 Å². The van der Waals surface area contributed by atoms with Crippen molar-refractivity contribution in [2.45, 2.75) is 6.92 Å². The van der Waals surface area contributed by atoms with Crippen LogP contribution < -0.4 is 16.2 Å². The summed E-state index contributed by atoms with van der Waals surface area (Å²) in [5.74, 6) is 0. The topological polar surface area (TPSA) is 64.1 Å². The zero-order valence-corrected chi connectivity index (χ0v) is 17.9. The molecule has 0 saturated carbocycles. The van der Waals surface area contributed by atoms with E-state index in [1.165, 1.54) is 0 Å². The summed E-state index contributed by atoms with van der Waals surface area (Å²) in [6.07, 6.45) is 0. The number of aromatic nitrogens is 2. The maximum absolute atomic E-state index is 13.1. The number of benzene rings is 3. The van der Waals surface area contributed by atoms with Crippen LogP contribution in [0.1, 0.15) is 5.69 Å². The number of nitrogens with one attached hydrogen (secondary N) is 2. The van der Waals surface area contributed by atoms with Crippen LogP contribution >= 0.6 is 12.2 Å². The van der Waals surface area contributed by atoms with Crippen molar-refractivity contribution < 1.29 is 4.42 Å². The smallest absolute Gasteiger partial charge is 0.295 e. The highest BCUT2D eigenvalue weighted by atomic mass is 32.1. The largest absolute Gasteiger partial charge is 0.456 e. The summed E-state index contributed by atoms with van der Waals surface area (Å²) in [5.41, 5.74) is 4.34. The van der Waals surface area contributed by atoms with Gasteiger partial charge in [0.1, 0.15) is 16.9 Å². The Morgan fingerprint density at radius 2 is 1.61 bits per heavy atom. The Bertz CT molecular complexity index is 1500. The van der Waals surface area contributed by atoms with Gasteiger partial charge in [-0.25, -0.2) is 4.68 Å². The van der Waals surface area contributed by atoms with Gasteiger partial charge in [-0.05, 0) is 55.5 Å². The molecular weight excluding hydrogens is 408 g/mol. The van der Waals surface area contributed by atoms with Crippen molar-refractivity contribution in [1.82, 2.24) is 9.36 Å². The zero-order chi connectivity index (χ0) is 21.5. The molecule has 0 bridgehead atoms. The molecule has 0 aliphatic heterocycles. The molecule has 0 amide bonds. The Morgan fingerprint density at radius 3 is 2.42 bits per heavy atom. The maximum atomic E-state index is 13.1. The molecule has 2 N–H and O–H groups in total. The van der Waals surface area contributed by atoms with E-state index in [0.717, 1.165) is 39.0 Å². The van der Waals surface area contributed by atoms with Crippen LogP contribution in [0.4, 0.5) is 11.4 Å². The second-order valence-electron chi connectivity index (χ2n) is 7.32. The molecule has 0 radical (unpaired) electrons. The highest BCUT2D eigenvalue weighted by Crippen LogP contribution is 2.30. The van der Waals surface area contributed by atoms with E-state index in [1.54, 1.807) is 4.68 Å². The van der Waals surface area contributed by atoms with Gasteiger partial charge in [0.15, 0.2) is 5.11 Å². The standard InChI is InChI=1S/C24H20N4O2S/c1-15-22(23(29)28(27(15)2)17-8-4-3-5-9-17)26-24(31)25-16-12-13-21-19(14-16)18-10-6-7-11-20(18)30-21/h3-14H,1-2H3,(H2,25,26,31). The van der Waals surface area contributed by atoms with E-state index in [4.69, 9.17) is 16.6 Å². The summed E-state index contributed by atoms with van der Waals surface area (Å²) in [6.45, 7) is 1.88. The summed E-state index contributed by atoms with van der Waals surface area (Å²) in [5, 5.41) is 8.66. The van der Waals surface area contributed by atoms with Crippen molar-refractivity contribution in [3.05, 3.63) is 88.8 Å². The van der Waals surface area contributed by atoms with Gasteiger partial charge in [-0.2, -0.15) is 0 Å². The molecule has 2 aromatic heterocycles. The number of hydrogen-bond acceptors (Lipinski definition) is 3. The molecule has 31 heavy (non-hydrogen) atoms. The van der Waals surface area contributed by atoms with E-state index in [2.05, 4.69) is 10.6 Å². The molecule has 0 aliphatic carbocycles. The van der Waals surface area contributed by atoms with Gasteiger partial charge in [0.05, 0.1) is 11.4 Å². The van der Waals surface area contributed by atoms with Gasteiger partial charge < -0.3 is 15.1 Å². The second kappa shape index (κ2) is 7.45. The summed E-state index contributed by atoms with van der Waals surface area (Å²) in [6, 6.07) is 23.2. The minimum atomic E-state index is -0.161. The van der Waals surface area contributed by atoms with E-state index < -0.39 is 0 Å². The Labute approximate surface area is 183 Å². The quantitative estimate of drug-likeness (QED) is 0.387. The summed E-state index contributed by atoms with van der Waals surface area (Å²) < 4.78 is 9.30. The number of para-hydroxylation sites is 2. The van der Waals surface area contributed by atoms with Crippen LogP contribution in [0.25, 0.3) is 27.6 Å². The van der Waals surface area contributed by atoms with Crippen LogP contribution in [0.5, 0.6) is 0 Å². The van der Waals surface area contributed by atoms with Crippen molar-refractivity contribution in [3.8, 4) is 5.69 Å². The molecule has 0 unspecified atom stereocenters. The van der Waals surface area contributed by atoms with Crippen molar-refractivity contribution in [1.29, 1.82) is 0 Å². The van der Waals surface area contributed by atoms with Crippen molar-refractivity contribution >= 4 is 50.6 Å². The highest BCUT2D eigenvalue weighted by molar-refractivity contribution is 7.80. The number of nitrogens with zero attached hydrogens (tertiary/aromatic N) is 2. The molecule has 0 fully saturated rings. The van der Waals surface area contributed by atoms with Crippen molar-refractivity contribution in [2.24, 2.45) is 7.05 Å². The summed E-state index contributed by atoms with van der Waals surface area (Å²) in [4.78, 5) is 13.1. The van der Waals surface area contributed by atoms with Crippen LogP contribution in [0.3, 0.4) is 0 Å². The third kappa shape index (κ3) is 3.29. The number of furan rings is 1. The molecule has 5 rings (SSSR count). The van der Waals surface area contributed by atoms with Crippen LogP contribution in [-0.2, 0) is 7.05 Å². The van der Waals surface area contributed by atoms with Crippen LogP contribution in [-0.4, -0.2) is 14.5 Å². The molecule has 0 aliphatic rings. The fourth-order valence-electron chi connectivity index (χ4n) is 3.79. The lowest BCUT2D eigenvalue weighted by Crippen LogP contribution is -2.25. The summed E-state index contributed by atoms with van der Waals surface area (Å²) in [7, 11) is 1.85. The van der Waals surface area contributed by atoms with E-state index in [1.807, 2.05) is 91.4 Å². The molecule has 0 atom stereocenters. The molecular formula is C24H20N4O2S. The number of hydrogen-bond donors (Lipinski definition) is 2. The molecule has 6 nitrogen and oxygen atoms in total. The third-order valence-corrected chi connectivity index (χ3v) is 5.63. The monoisotopic (exact) mass is 428 g/mol. The lowest BCUT2D eigenvalue weighted by Gasteiger charge is -2.09. The van der Waals surface area contributed by atoms with Gasteiger partial charge >= 0.3 is 0 Å². The third-order valence-electron chi connectivity index (χ3n) is 5.43. The molecule has 0 saturated heterocycles. The van der Waals surface area contributed by atoms with Gasteiger partial charge in [-0.1, -0.05) is 36.4 Å². The predicted molar refractivity (Wildman–Crippen MR) is 129 cm³/mol. The first kappa shape index (κ1) is 19.1. The van der Waals surface area contributed by atoms with E-state index in [-0.39, 0.29) is 5.56 Å².